The van der Waals surface area contributed by atoms with Gasteiger partial charge in [0.2, 0.25) is 12.6 Å². The molecule has 0 bridgehead atoms. The zero-order valence-electron chi connectivity index (χ0n) is 27.3. The van der Waals surface area contributed by atoms with E-state index in [2.05, 4.69) is 8.92 Å². The van der Waals surface area contributed by atoms with Gasteiger partial charge in [-0.15, -0.1) is 0 Å². The van der Waals surface area contributed by atoms with Crippen LogP contribution in [-0.4, -0.2) is 156 Å². The van der Waals surface area contributed by atoms with E-state index in [1.54, 1.807) is 13.8 Å². The second kappa shape index (κ2) is 17.1. The molecule has 0 aromatic rings. The van der Waals surface area contributed by atoms with Crippen molar-refractivity contribution in [2.75, 3.05) is 13.2 Å². The molecule has 4 aliphatic rings. The molecule has 0 aromatic heterocycles. The molecular formula is C28H44O21S. The average molecular weight is 749 g/mol. The van der Waals surface area contributed by atoms with Crippen LogP contribution in [0.1, 0.15) is 27.7 Å². The molecule has 8 unspecified atom stereocenters. The summed E-state index contributed by atoms with van der Waals surface area (Å²) in [4.78, 5) is 22.3. The van der Waals surface area contributed by atoms with Crippen molar-refractivity contribution in [3.63, 3.8) is 0 Å². The third-order valence-electron chi connectivity index (χ3n) is 9.26. The first-order valence-corrected chi connectivity index (χ1v) is 17.0. The fourth-order valence-corrected chi connectivity index (χ4v) is 6.28. The quantitative estimate of drug-likeness (QED) is 0.0673. The van der Waals surface area contributed by atoms with Crippen LogP contribution in [0.2, 0.25) is 0 Å². The summed E-state index contributed by atoms with van der Waals surface area (Å²) in [5.74, 6) is -3.29. The predicted octanol–water partition coefficient (Wildman–Crippen LogP) is -3.39. The van der Waals surface area contributed by atoms with Crippen molar-refractivity contribution >= 4 is 23.3 Å². The lowest BCUT2D eigenvalue weighted by atomic mass is 9.84. The van der Waals surface area contributed by atoms with E-state index in [4.69, 9.17) is 37.9 Å². The van der Waals surface area contributed by atoms with E-state index in [0.717, 1.165) is 6.08 Å². The predicted molar refractivity (Wildman–Crippen MR) is 155 cm³/mol. The summed E-state index contributed by atoms with van der Waals surface area (Å²) in [6, 6.07) is 0. The van der Waals surface area contributed by atoms with Crippen molar-refractivity contribution in [3.05, 3.63) is 12.0 Å². The van der Waals surface area contributed by atoms with E-state index < -0.39 is 140 Å². The van der Waals surface area contributed by atoms with Crippen LogP contribution in [0.25, 0.3) is 0 Å². The molecule has 22 heteroatoms. The molecule has 3 fully saturated rings. The number of hydrogen-bond donors (Lipinski definition) is 7. The highest BCUT2D eigenvalue weighted by Gasteiger charge is 2.54. The average Bonchev–Trinajstić information content (AvgIpc) is 3.05. The Balaban J connectivity index is 1.53. The van der Waals surface area contributed by atoms with E-state index in [1.165, 1.54) is 13.8 Å². The molecule has 288 valence electrons. The molecule has 0 amide bonds. The van der Waals surface area contributed by atoms with Crippen LogP contribution in [0.15, 0.2) is 12.0 Å². The first kappa shape index (κ1) is 40.6. The van der Waals surface area contributed by atoms with Crippen molar-refractivity contribution in [2.24, 2.45) is 23.7 Å². The maximum Gasteiger partial charge on any atom is 0.397 e. The van der Waals surface area contributed by atoms with Crippen molar-refractivity contribution in [3.8, 4) is 0 Å². The molecule has 4 heterocycles. The van der Waals surface area contributed by atoms with Crippen LogP contribution in [0, 0.1) is 23.7 Å². The Morgan fingerprint density at radius 3 is 2.00 bits per heavy atom. The van der Waals surface area contributed by atoms with Gasteiger partial charge in [0, 0.05) is 23.8 Å². The van der Waals surface area contributed by atoms with E-state index >= 15 is 0 Å². The lowest BCUT2D eigenvalue weighted by molar-refractivity contribution is -0.394. The normalized spacial score (nSPS) is 45.5. The SMILES string of the molecule is CC1C(O)OC(CO)[C@@H](O[C@@H]2OC(OC=O)[C@@H](O[C@@H]3OC(COS(=O)(=O)O)[C@@H](O[C@@H]4OC(OC=O)=CC(O)[C@@H]4C)[C@H](O)C3C)[C@H](O)C2O)[C@@H]1C. The zero-order valence-corrected chi connectivity index (χ0v) is 28.1. The lowest BCUT2D eigenvalue weighted by Gasteiger charge is -2.49. The van der Waals surface area contributed by atoms with Gasteiger partial charge >= 0.3 is 16.9 Å². The van der Waals surface area contributed by atoms with Gasteiger partial charge in [-0.2, -0.15) is 8.42 Å². The zero-order chi connectivity index (χ0) is 37.1. The summed E-state index contributed by atoms with van der Waals surface area (Å²) < 4.78 is 86.2. The molecule has 0 saturated carbocycles. The largest absolute Gasteiger partial charge is 0.435 e. The fraction of sp³-hybridized carbons (Fsp3) is 0.857. The molecule has 0 radical (unpaired) electrons. The molecule has 7 N–H and O–H groups in total. The van der Waals surface area contributed by atoms with Gasteiger partial charge in [-0.05, 0) is 5.92 Å². The van der Waals surface area contributed by atoms with Crippen LogP contribution in [0.5, 0.6) is 0 Å². The van der Waals surface area contributed by atoms with Crippen LogP contribution in [0.3, 0.4) is 0 Å². The smallest absolute Gasteiger partial charge is 0.397 e. The maximum absolute atomic E-state index is 11.4. The van der Waals surface area contributed by atoms with E-state index in [9.17, 15) is 53.2 Å². The van der Waals surface area contributed by atoms with Gasteiger partial charge < -0.3 is 73.3 Å². The summed E-state index contributed by atoms with van der Waals surface area (Å²) in [6.07, 6.45) is -20.1. The lowest BCUT2D eigenvalue weighted by Crippen LogP contribution is -2.64. The summed E-state index contributed by atoms with van der Waals surface area (Å²) >= 11 is 0. The van der Waals surface area contributed by atoms with Crippen LogP contribution in [-0.2, 0) is 66.8 Å². The standard InChI is InChI=1S/C28H44O21S/c1-10-11(2)24(36)43-15(6-29)21(10)46-27-20(35)19(34)23(28(49-27)41-9-31)48-26-13(4)18(33)22(16(44-26)7-42-50(37,38)39)47-25-12(3)14(32)5-17(45-25)40-8-30/h5,8-16,18-29,32-36H,6-7H2,1-4H3,(H,37,38,39)/t10-,11?,12+,13?,14?,15?,16?,18-,19-,20?,21+,22-,23+,24?,25+,26+,27-,28?/m1/s1. The number of aliphatic hydroxyl groups is 6. The van der Waals surface area contributed by atoms with E-state index in [0.29, 0.717) is 0 Å². The molecule has 50 heavy (non-hydrogen) atoms. The van der Waals surface area contributed by atoms with Gasteiger partial charge in [0.1, 0.15) is 30.5 Å². The molecule has 21 nitrogen and oxygen atoms in total. The first-order chi connectivity index (χ1) is 23.5. The Kier molecular flexibility index (Phi) is 13.9. The van der Waals surface area contributed by atoms with Crippen molar-refractivity contribution in [1.29, 1.82) is 0 Å². The number of aliphatic hydroxyl groups excluding tert-OH is 6. The Morgan fingerprint density at radius 2 is 1.38 bits per heavy atom. The van der Waals surface area contributed by atoms with Crippen LogP contribution in [0.4, 0.5) is 0 Å². The summed E-state index contributed by atoms with van der Waals surface area (Å²) in [6.45, 7) is 4.72. The van der Waals surface area contributed by atoms with Gasteiger partial charge in [0.25, 0.3) is 12.4 Å². The van der Waals surface area contributed by atoms with Crippen LogP contribution >= 0.6 is 0 Å². The second-order valence-electron chi connectivity index (χ2n) is 12.5. The summed E-state index contributed by atoms with van der Waals surface area (Å²) in [5, 5.41) is 63.8. The molecule has 3 saturated heterocycles. The van der Waals surface area contributed by atoms with Gasteiger partial charge in [-0.3, -0.25) is 14.1 Å². The first-order valence-electron chi connectivity index (χ1n) is 15.6. The molecule has 4 rings (SSSR count). The van der Waals surface area contributed by atoms with Crippen molar-refractivity contribution in [1.82, 2.24) is 0 Å². The molecule has 18 atom stereocenters. The highest BCUT2D eigenvalue weighted by atomic mass is 32.3. The Hall–Kier alpha value is -2.13. The minimum Gasteiger partial charge on any atom is -0.435 e. The molecule has 4 aliphatic heterocycles. The molecule has 0 aromatic carbocycles. The summed E-state index contributed by atoms with van der Waals surface area (Å²) in [7, 11) is -5.06. The minimum atomic E-state index is -5.06. The number of carbonyl (C=O) groups excluding carboxylic acids is 2. The second-order valence-corrected chi connectivity index (χ2v) is 13.6. The molecule has 0 aliphatic carbocycles. The summed E-state index contributed by atoms with van der Waals surface area (Å²) in [5.41, 5.74) is 0. The Morgan fingerprint density at radius 1 is 0.720 bits per heavy atom. The van der Waals surface area contributed by atoms with Crippen molar-refractivity contribution in [2.45, 2.75) is 114 Å². The van der Waals surface area contributed by atoms with Crippen LogP contribution < -0.4 is 0 Å². The van der Waals surface area contributed by atoms with Gasteiger partial charge in [0.05, 0.1) is 31.5 Å². The third-order valence-corrected chi connectivity index (χ3v) is 9.69. The number of hydrogen-bond acceptors (Lipinski definition) is 20. The molecule has 0 spiro atoms. The monoisotopic (exact) mass is 748 g/mol. The van der Waals surface area contributed by atoms with E-state index in [-0.39, 0.29) is 12.9 Å². The van der Waals surface area contributed by atoms with E-state index in [1.807, 2.05) is 0 Å². The fourth-order valence-electron chi connectivity index (χ4n) is 5.97. The maximum atomic E-state index is 11.4. The number of rotatable bonds is 14. The van der Waals surface area contributed by atoms with Crippen molar-refractivity contribution < 1.29 is 100 Å². The number of ether oxygens (including phenoxy) is 9. The van der Waals surface area contributed by atoms with Gasteiger partial charge in [-0.1, -0.05) is 27.7 Å². The molecular weight excluding hydrogens is 704 g/mol. The highest BCUT2D eigenvalue weighted by molar-refractivity contribution is 7.80. The van der Waals surface area contributed by atoms with Gasteiger partial charge in [0.15, 0.2) is 25.0 Å². The topological polar surface area (TPSA) is 302 Å². The third kappa shape index (κ3) is 9.26. The van der Waals surface area contributed by atoms with Gasteiger partial charge in [-0.25, -0.2) is 4.18 Å². The highest BCUT2D eigenvalue weighted by Crippen LogP contribution is 2.38. The minimum absolute atomic E-state index is 0.0345. The Bertz CT molecular complexity index is 1270. The number of carbonyl (C=O) groups is 2. The Labute approximate surface area is 286 Å².